The van der Waals surface area contributed by atoms with Gasteiger partial charge in [-0.2, -0.15) is 5.10 Å². The molecule has 9 heteroatoms. The summed E-state index contributed by atoms with van der Waals surface area (Å²) in [5.41, 5.74) is 8.78. The molecule has 0 aliphatic carbocycles. The van der Waals surface area contributed by atoms with Crippen LogP contribution in [0.1, 0.15) is 37.1 Å². The molecule has 2 aliphatic rings. The Morgan fingerprint density at radius 3 is 2.71 bits per heavy atom. The van der Waals surface area contributed by atoms with Crippen LogP contribution in [-0.4, -0.2) is 27.9 Å². The summed E-state index contributed by atoms with van der Waals surface area (Å²) >= 11 is 0. The second-order valence-electron chi connectivity index (χ2n) is 8.10. The first-order valence-corrected chi connectivity index (χ1v) is 10.1. The van der Waals surface area contributed by atoms with Crippen LogP contribution in [0.25, 0.3) is 11.3 Å². The number of halogens is 3. The van der Waals surface area contributed by atoms with E-state index in [0.29, 0.717) is 0 Å². The van der Waals surface area contributed by atoms with Gasteiger partial charge in [0.05, 0.1) is 11.3 Å². The van der Waals surface area contributed by atoms with Gasteiger partial charge in [0, 0.05) is 36.0 Å². The standard InChI is InChI=1S/C22H23F2N5O.ClH/c1-13(20-15(23)3-2-4-16(20)24)30-18-9-14(11-27-21(18)25)17-10-19-22(5-7-26-12-22)6-8-29(19)28-17;/h2-4,9-11,13,26H,5-8,12H2,1H3,(H2,25,27);1H/t13-,22-;/m1./s1. The number of pyridine rings is 1. The Kier molecular flexibility index (Phi) is 5.61. The fourth-order valence-electron chi connectivity index (χ4n) is 4.62. The quantitative estimate of drug-likeness (QED) is 0.632. The van der Waals surface area contributed by atoms with Crippen molar-refractivity contribution in [2.24, 2.45) is 0 Å². The minimum Gasteiger partial charge on any atom is -0.482 e. The average molecular weight is 448 g/mol. The second kappa shape index (κ2) is 8.09. The van der Waals surface area contributed by atoms with Crippen LogP contribution in [0, 0.1) is 11.6 Å². The number of aryl methyl sites for hydroxylation is 1. The number of ether oxygens (including phenoxy) is 1. The molecule has 3 N–H and O–H groups in total. The molecule has 1 saturated heterocycles. The Hall–Kier alpha value is -2.71. The largest absolute Gasteiger partial charge is 0.482 e. The number of hydrogen-bond donors (Lipinski definition) is 2. The number of nitrogens with one attached hydrogen (secondary N) is 1. The molecule has 4 heterocycles. The van der Waals surface area contributed by atoms with Crippen LogP contribution < -0.4 is 15.8 Å². The predicted octanol–water partition coefficient (Wildman–Crippen LogP) is 4.00. The van der Waals surface area contributed by atoms with Crippen molar-refractivity contribution in [3.05, 3.63) is 59.4 Å². The zero-order valence-electron chi connectivity index (χ0n) is 17.1. The Balaban J connectivity index is 0.00000231. The maximum atomic E-state index is 14.1. The van der Waals surface area contributed by atoms with Crippen molar-refractivity contribution in [3.63, 3.8) is 0 Å². The van der Waals surface area contributed by atoms with E-state index in [1.54, 1.807) is 19.2 Å². The zero-order chi connectivity index (χ0) is 20.9. The first-order chi connectivity index (χ1) is 14.5. The average Bonchev–Trinajstić information content (AvgIpc) is 3.42. The van der Waals surface area contributed by atoms with Crippen molar-refractivity contribution in [1.82, 2.24) is 20.1 Å². The van der Waals surface area contributed by atoms with Gasteiger partial charge in [0.15, 0.2) is 11.6 Å². The molecule has 5 rings (SSSR count). The van der Waals surface area contributed by atoms with Crippen molar-refractivity contribution in [1.29, 1.82) is 0 Å². The van der Waals surface area contributed by atoms with Gasteiger partial charge in [-0.25, -0.2) is 13.8 Å². The highest BCUT2D eigenvalue weighted by molar-refractivity contribution is 5.85. The van der Waals surface area contributed by atoms with Gasteiger partial charge in [-0.05, 0) is 50.6 Å². The van der Waals surface area contributed by atoms with E-state index in [9.17, 15) is 8.78 Å². The molecule has 31 heavy (non-hydrogen) atoms. The van der Waals surface area contributed by atoms with Gasteiger partial charge in [-0.15, -0.1) is 12.4 Å². The number of fused-ring (bicyclic) bond motifs is 2. The summed E-state index contributed by atoms with van der Waals surface area (Å²) in [6.07, 6.45) is 2.99. The Morgan fingerprint density at radius 2 is 2.00 bits per heavy atom. The fourth-order valence-corrected chi connectivity index (χ4v) is 4.62. The number of nitrogens with zero attached hydrogens (tertiary/aromatic N) is 3. The van der Waals surface area contributed by atoms with E-state index in [-0.39, 0.29) is 35.0 Å². The van der Waals surface area contributed by atoms with Crippen molar-refractivity contribution < 1.29 is 13.5 Å². The van der Waals surface area contributed by atoms with Crippen molar-refractivity contribution in [3.8, 4) is 17.0 Å². The molecular formula is C22H24ClF2N5O. The van der Waals surface area contributed by atoms with E-state index in [4.69, 9.17) is 15.6 Å². The highest BCUT2D eigenvalue weighted by atomic mass is 35.5. The summed E-state index contributed by atoms with van der Waals surface area (Å²) in [6, 6.07) is 7.57. The molecule has 0 amide bonds. The number of aromatic nitrogens is 3. The maximum Gasteiger partial charge on any atom is 0.166 e. The molecule has 2 aromatic heterocycles. The summed E-state index contributed by atoms with van der Waals surface area (Å²) < 4.78 is 36.1. The van der Waals surface area contributed by atoms with E-state index in [0.717, 1.165) is 43.7 Å². The molecule has 6 nitrogen and oxygen atoms in total. The van der Waals surface area contributed by atoms with E-state index in [2.05, 4.69) is 21.0 Å². The summed E-state index contributed by atoms with van der Waals surface area (Å²) in [5, 5.41) is 8.21. The summed E-state index contributed by atoms with van der Waals surface area (Å²) in [4.78, 5) is 4.22. The topological polar surface area (TPSA) is 78.0 Å². The molecule has 1 aromatic carbocycles. The highest BCUT2D eigenvalue weighted by Gasteiger charge is 2.42. The molecule has 2 aliphatic heterocycles. The number of anilines is 1. The fraction of sp³-hybridized carbons (Fsp3) is 0.364. The van der Waals surface area contributed by atoms with Crippen LogP contribution in [0.4, 0.5) is 14.6 Å². The van der Waals surface area contributed by atoms with E-state index < -0.39 is 17.7 Å². The van der Waals surface area contributed by atoms with Crippen LogP contribution in [0.15, 0.2) is 36.5 Å². The lowest BCUT2D eigenvalue weighted by Gasteiger charge is -2.20. The van der Waals surface area contributed by atoms with Crippen LogP contribution >= 0.6 is 12.4 Å². The lowest BCUT2D eigenvalue weighted by molar-refractivity contribution is 0.216. The highest BCUT2D eigenvalue weighted by Crippen LogP contribution is 2.41. The minimum absolute atomic E-state index is 0. The number of hydrogen-bond acceptors (Lipinski definition) is 5. The van der Waals surface area contributed by atoms with Gasteiger partial charge in [0.1, 0.15) is 17.7 Å². The number of benzene rings is 1. The van der Waals surface area contributed by atoms with Gasteiger partial charge in [-0.3, -0.25) is 4.68 Å². The maximum absolute atomic E-state index is 14.1. The lowest BCUT2D eigenvalue weighted by atomic mass is 9.82. The molecule has 0 bridgehead atoms. The first-order valence-electron chi connectivity index (χ1n) is 10.1. The molecular weight excluding hydrogens is 424 g/mol. The van der Waals surface area contributed by atoms with Crippen molar-refractivity contribution in [2.45, 2.75) is 37.8 Å². The summed E-state index contributed by atoms with van der Waals surface area (Å²) in [7, 11) is 0. The molecule has 1 spiro atoms. The van der Waals surface area contributed by atoms with Gasteiger partial charge >= 0.3 is 0 Å². The zero-order valence-corrected chi connectivity index (χ0v) is 17.9. The SMILES string of the molecule is C[C@@H](Oc1cc(-c2cc3n(n2)CC[C@@]32CCNC2)cnc1N)c1c(F)cccc1F.Cl. The van der Waals surface area contributed by atoms with Gasteiger partial charge in [-0.1, -0.05) is 6.07 Å². The van der Waals surface area contributed by atoms with E-state index in [1.807, 2.05) is 0 Å². The smallest absolute Gasteiger partial charge is 0.166 e. The van der Waals surface area contributed by atoms with Crippen molar-refractivity contribution >= 4 is 18.2 Å². The summed E-state index contributed by atoms with van der Waals surface area (Å²) in [6.45, 7) is 4.46. The molecule has 1 fully saturated rings. The Labute approximate surface area is 185 Å². The van der Waals surface area contributed by atoms with Gasteiger partial charge < -0.3 is 15.8 Å². The molecule has 3 aromatic rings. The summed E-state index contributed by atoms with van der Waals surface area (Å²) in [5.74, 6) is -0.893. The van der Waals surface area contributed by atoms with Crippen LogP contribution in [0.5, 0.6) is 5.75 Å². The van der Waals surface area contributed by atoms with Crippen molar-refractivity contribution in [2.75, 3.05) is 18.8 Å². The predicted molar refractivity (Wildman–Crippen MR) is 116 cm³/mol. The number of nitrogen functional groups attached to an aromatic ring is 1. The Bertz CT molecular complexity index is 1090. The third-order valence-corrected chi connectivity index (χ3v) is 6.26. The molecule has 0 radical (unpaired) electrons. The van der Waals surface area contributed by atoms with Crippen LogP contribution in [0.3, 0.4) is 0 Å². The lowest BCUT2D eigenvalue weighted by Crippen LogP contribution is -2.25. The van der Waals surface area contributed by atoms with Gasteiger partial charge in [0.2, 0.25) is 0 Å². The molecule has 164 valence electrons. The normalized spacial score (nSPS) is 20.5. The van der Waals surface area contributed by atoms with Gasteiger partial charge in [0.25, 0.3) is 0 Å². The minimum atomic E-state index is -0.870. The molecule has 0 unspecified atom stereocenters. The molecule has 2 atom stereocenters. The third-order valence-electron chi connectivity index (χ3n) is 6.26. The van der Waals surface area contributed by atoms with Crippen LogP contribution in [-0.2, 0) is 12.0 Å². The number of nitrogens with two attached hydrogens (primary N) is 1. The van der Waals surface area contributed by atoms with E-state index >= 15 is 0 Å². The Morgan fingerprint density at radius 1 is 1.23 bits per heavy atom. The van der Waals surface area contributed by atoms with E-state index in [1.165, 1.54) is 23.9 Å². The third kappa shape index (κ3) is 3.64. The number of rotatable bonds is 4. The first kappa shape index (κ1) is 21.5. The monoisotopic (exact) mass is 447 g/mol. The van der Waals surface area contributed by atoms with Crippen LogP contribution in [0.2, 0.25) is 0 Å². The molecule has 0 saturated carbocycles. The second-order valence-corrected chi connectivity index (χ2v) is 8.10.